The number of nitrogens with two attached hydrogens (primary N) is 1. The molecule has 4 nitrogen and oxygen atoms in total. The van der Waals surface area contributed by atoms with E-state index in [0.717, 1.165) is 16.4 Å². The first-order chi connectivity index (χ1) is 12.4. The van der Waals surface area contributed by atoms with E-state index in [1.54, 1.807) is 6.07 Å². The molecule has 1 aromatic heterocycles. The van der Waals surface area contributed by atoms with Crippen LogP contribution in [0.5, 0.6) is 0 Å². The predicted molar refractivity (Wildman–Crippen MR) is 92.5 cm³/mol. The van der Waals surface area contributed by atoms with Gasteiger partial charge in [0.15, 0.2) is 5.69 Å². The normalized spacial score (nSPS) is 21.1. The zero-order valence-corrected chi connectivity index (χ0v) is 15.7. The van der Waals surface area contributed by atoms with E-state index in [-0.39, 0.29) is 22.8 Å². The fourth-order valence-electron chi connectivity index (χ4n) is 2.87. The zero-order chi connectivity index (χ0) is 20.4. The van der Waals surface area contributed by atoms with Crippen LogP contribution in [0.1, 0.15) is 23.2 Å². The molecule has 0 amide bonds. The van der Waals surface area contributed by atoms with Crippen molar-refractivity contribution in [2.45, 2.75) is 23.3 Å². The van der Waals surface area contributed by atoms with Gasteiger partial charge in [-0.15, -0.1) is 11.8 Å². The summed E-state index contributed by atoms with van der Waals surface area (Å²) < 4.78 is 65.7. The summed E-state index contributed by atoms with van der Waals surface area (Å²) in [5, 5.41) is 12.3. The molecule has 0 spiro atoms. The van der Waals surface area contributed by atoms with Gasteiger partial charge in [-0.2, -0.15) is 23.5 Å². The monoisotopic (exact) mass is 442 g/mol. The molecular formula is C15H9Cl2F5N4S. The lowest BCUT2D eigenvalue weighted by Crippen LogP contribution is -2.15. The molecule has 1 heterocycles. The van der Waals surface area contributed by atoms with Gasteiger partial charge in [0.1, 0.15) is 22.3 Å². The van der Waals surface area contributed by atoms with Crippen molar-refractivity contribution in [1.82, 2.24) is 9.78 Å². The average Bonchev–Trinajstić information content (AvgIpc) is 2.96. The molecule has 0 radical (unpaired) electrons. The van der Waals surface area contributed by atoms with Gasteiger partial charge in [-0.25, -0.2) is 13.5 Å². The van der Waals surface area contributed by atoms with Crippen molar-refractivity contribution in [2.24, 2.45) is 0 Å². The molecule has 0 bridgehead atoms. The van der Waals surface area contributed by atoms with Crippen molar-refractivity contribution in [1.29, 1.82) is 5.26 Å². The van der Waals surface area contributed by atoms with Crippen LogP contribution in [0.2, 0.25) is 10.0 Å². The Morgan fingerprint density at radius 2 is 1.81 bits per heavy atom. The van der Waals surface area contributed by atoms with Gasteiger partial charge in [-0.1, -0.05) is 23.2 Å². The fourth-order valence-corrected chi connectivity index (χ4v) is 4.55. The standard InChI is InChI=1S/C15H9Cl2F5N4S/c1-27-13(5-14(13,18)19)10-9(4-23)25-26(12(10)24)11-7(16)2-6(3-8(11)17)15(20,21)22/h2-3H,5,24H2,1H3. The van der Waals surface area contributed by atoms with Gasteiger partial charge in [-0.3, -0.25) is 0 Å². The first-order valence-corrected chi connectivity index (χ1v) is 9.16. The number of aromatic nitrogens is 2. The minimum Gasteiger partial charge on any atom is -0.383 e. The van der Waals surface area contributed by atoms with E-state index >= 15 is 0 Å². The summed E-state index contributed by atoms with van der Waals surface area (Å²) in [4.78, 5) is 0. The van der Waals surface area contributed by atoms with Crippen LogP contribution in [0.15, 0.2) is 12.1 Å². The molecule has 0 saturated heterocycles. The summed E-state index contributed by atoms with van der Waals surface area (Å²) in [7, 11) is 0. The van der Waals surface area contributed by atoms with Gasteiger partial charge in [0.25, 0.3) is 5.92 Å². The number of thioether (sulfide) groups is 1. The first kappa shape index (κ1) is 20.0. The highest BCUT2D eigenvalue weighted by molar-refractivity contribution is 7.99. The number of benzene rings is 1. The highest BCUT2D eigenvalue weighted by atomic mass is 35.5. The highest BCUT2D eigenvalue weighted by Crippen LogP contribution is 2.69. The van der Waals surface area contributed by atoms with Crippen LogP contribution in [-0.2, 0) is 10.9 Å². The SMILES string of the molecule is CSC1(c2c(C#N)nn(-c3c(Cl)cc(C(F)(F)F)cc3Cl)c2N)CC1(F)F. The molecule has 1 saturated carbocycles. The van der Waals surface area contributed by atoms with Crippen LogP contribution < -0.4 is 5.73 Å². The molecule has 27 heavy (non-hydrogen) atoms. The minimum absolute atomic E-state index is 0.186. The lowest BCUT2D eigenvalue weighted by Gasteiger charge is -2.15. The Hall–Kier alpha value is -1.70. The van der Waals surface area contributed by atoms with Crippen LogP contribution in [0.25, 0.3) is 5.69 Å². The third kappa shape index (κ3) is 2.92. The third-order valence-corrected chi connectivity index (χ3v) is 6.19. The molecule has 1 aliphatic rings. The number of alkyl halides is 5. The maximum absolute atomic E-state index is 14.0. The summed E-state index contributed by atoms with van der Waals surface area (Å²) >= 11 is 12.7. The molecule has 1 aliphatic carbocycles. The Labute approximate surface area is 164 Å². The molecule has 1 unspecified atom stereocenters. The number of nitrogen functional groups attached to an aromatic ring is 1. The quantitative estimate of drug-likeness (QED) is 0.659. The smallest absolute Gasteiger partial charge is 0.383 e. The van der Waals surface area contributed by atoms with Crippen LogP contribution in [0.4, 0.5) is 27.8 Å². The summed E-state index contributed by atoms with van der Waals surface area (Å²) in [6.07, 6.45) is -3.79. The van der Waals surface area contributed by atoms with Crippen LogP contribution in [-0.4, -0.2) is 22.0 Å². The number of halogens is 7. The molecule has 144 valence electrons. The fraction of sp³-hybridized carbons (Fsp3) is 0.333. The lowest BCUT2D eigenvalue weighted by atomic mass is 10.1. The van der Waals surface area contributed by atoms with E-state index in [2.05, 4.69) is 5.10 Å². The van der Waals surface area contributed by atoms with E-state index in [1.165, 1.54) is 6.26 Å². The van der Waals surface area contributed by atoms with E-state index in [0.29, 0.717) is 12.1 Å². The Bertz CT molecular complexity index is 959. The van der Waals surface area contributed by atoms with Crippen molar-refractivity contribution in [3.05, 3.63) is 39.0 Å². The Balaban J connectivity index is 2.23. The lowest BCUT2D eigenvalue weighted by molar-refractivity contribution is -0.137. The summed E-state index contributed by atoms with van der Waals surface area (Å²) in [6, 6.07) is 2.93. The van der Waals surface area contributed by atoms with Gasteiger partial charge in [0.2, 0.25) is 0 Å². The van der Waals surface area contributed by atoms with Gasteiger partial charge in [0, 0.05) is 6.42 Å². The number of hydrogen-bond acceptors (Lipinski definition) is 4. The van der Waals surface area contributed by atoms with Gasteiger partial charge >= 0.3 is 6.18 Å². The number of nitrogens with zero attached hydrogens (tertiary/aromatic N) is 3. The molecular weight excluding hydrogens is 434 g/mol. The Kier molecular flexibility index (Phi) is 4.57. The van der Waals surface area contributed by atoms with Crippen molar-refractivity contribution >= 4 is 40.8 Å². The summed E-state index contributed by atoms with van der Waals surface area (Å²) in [5.74, 6) is -3.44. The second-order valence-electron chi connectivity index (χ2n) is 5.83. The third-order valence-electron chi connectivity index (χ3n) is 4.27. The van der Waals surface area contributed by atoms with E-state index < -0.39 is 38.9 Å². The zero-order valence-electron chi connectivity index (χ0n) is 13.3. The first-order valence-electron chi connectivity index (χ1n) is 7.18. The topological polar surface area (TPSA) is 67.6 Å². The molecule has 1 fully saturated rings. The van der Waals surface area contributed by atoms with Crippen molar-refractivity contribution < 1.29 is 22.0 Å². The Morgan fingerprint density at radius 1 is 1.30 bits per heavy atom. The molecule has 2 N–H and O–H groups in total. The van der Waals surface area contributed by atoms with Crippen LogP contribution in [0, 0.1) is 11.3 Å². The van der Waals surface area contributed by atoms with Crippen molar-refractivity contribution in [2.75, 3.05) is 12.0 Å². The minimum atomic E-state index is -4.69. The largest absolute Gasteiger partial charge is 0.416 e. The highest BCUT2D eigenvalue weighted by Gasteiger charge is 2.74. The van der Waals surface area contributed by atoms with Crippen LogP contribution in [0.3, 0.4) is 0 Å². The number of nitriles is 1. The van der Waals surface area contributed by atoms with E-state index in [4.69, 9.17) is 28.9 Å². The molecule has 12 heteroatoms. The van der Waals surface area contributed by atoms with Gasteiger partial charge in [-0.05, 0) is 18.4 Å². The Morgan fingerprint density at radius 3 is 2.19 bits per heavy atom. The van der Waals surface area contributed by atoms with Gasteiger partial charge in [0.05, 0.1) is 21.2 Å². The maximum atomic E-state index is 14.0. The molecule has 3 rings (SSSR count). The molecule has 1 atom stereocenters. The van der Waals surface area contributed by atoms with Gasteiger partial charge < -0.3 is 5.73 Å². The van der Waals surface area contributed by atoms with Crippen molar-refractivity contribution in [3.8, 4) is 11.8 Å². The number of hydrogen-bond donors (Lipinski definition) is 1. The summed E-state index contributed by atoms with van der Waals surface area (Å²) in [6.45, 7) is 0. The molecule has 0 aliphatic heterocycles. The number of rotatable bonds is 3. The van der Waals surface area contributed by atoms with E-state index in [9.17, 15) is 27.2 Å². The van der Waals surface area contributed by atoms with Crippen molar-refractivity contribution in [3.63, 3.8) is 0 Å². The average molecular weight is 443 g/mol. The second-order valence-corrected chi connectivity index (χ2v) is 7.75. The van der Waals surface area contributed by atoms with E-state index in [1.807, 2.05) is 0 Å². The predicted octanol–water partition coefficient (Wildman–Crippen LogP) is 5.25. The second kappa shape index (κ2) is 6.15. The molecule has 2 aromatic rings. The van der Waals surface area contributed by atoms with Crippen LogP contribution >= 0.6 is 35.0 Å². The molecule has 1 aromatic carbocycles. The summed E-state index contributed by atoms with van der Waals surface area (Å²) in [5.41, 5.74) is 4.08. The number of anilines is 1. The maximum Gasteiger partial charge on any atom is 0.416 e.